The van der Waals surface area contributed by atoms with E-state index in [9.17, 15) is 5.11 Å². The highest BCUT2D eigenvalue weighted by molar-refractivity contribution is 6.74. The van der Waals surface area contributed by atoms with Crippen molar-refractivity contribution < 1.29 is 19.0 Å². The lowest BCUT2D eigenvalue weighted by Gasteiger charge is -2.41. The van der Waals surface area contributed by atoms with Crippen LogP contribution in [0.5, 0.6) is 0 Å². The average Bonchev–Trinajstić information content (AvgIpc) is 3.37. The number of hydrogen-bond donors (Lipinski definition) is 1. The standard InChI is InChI=1S/C26H52O4Si/c1-7-8-9-10-11-12-13-14-15-25(30-31(5,6)26(2,3)4)24-19-18-23(29-24)22-17-16-21(20-27)28-22/h21-25,27H,7-20H2,1-6H3/t21-,22-,23-,24-,25+/m1/s1. The molecular formula is C26H52O4Si. The summed E-state index contributed by atoms with van der Waals surface area (Å²) in [6, 6.07) is 0. The summed E-state index contributed by atoms with van der Waals surface area (Å²) in [6.07, 6.45) is 16.7. The Morgan fingerprint density at radius 2 is 1.45 bits per heavy atom. The normalized spacial score (nSPS) is 28.4. The zero-order valence-corrected chi connectivity index (χ0v) is 22.5. The van der Waals surface area contributed by atoms with E-state index in [1.807, 2.05) is 0 Å². The molecule has 0 spiro atoms. The molecule has 184 valence electrons. The van der Waals surface area contributed by atoms with E-state index in [1.165, 1.54) is 51.4 Å². The Balaban J connectivity index is 1.86. The first kappa shape index (κ1) is 27.3. The number of ether oxygens (including phenoxy) is 2. The van der Waals surface area contributed by atoms with Gasteiger partial charge in [-0.25, -0.2) is 0 Å². The van der Waals surface area contributed by atoms with Crippen LogP contribution < -0.4 is 0 Å². The van der Waals surface area contributed by atoms with Crippen LogP contribution in [-0.2, 0) is 13.9 Å². The highest BCUT2D eigenvalue weighted by atomic mass is 28.4. The smallest absolute Gasteiger partial charge is 0.192 e. The number of hydrogen-bond acceptors (Lipinski definition) is 4. The van der Waals surface area contributed by atoms with E-state index in [1.54, 1.807) is 0 Å². The molecule has 2 heterocycles. The minimum absolute atomic E-state index is 0.00394. The largest absolute Gasteiger partial charge is 0.411 e. The zero-order valence-electron chi connectivity index (χ0n) is 21.5. The summed E-state index contributed by atoms with van der Waals surface area (Å²) in [5.74, 6) is 0. The van der Waals surface area contributed by atoms with Crippen molar-refractivity contribution in [2.75, 3.05) is 6.61 Å². The maximum absolute atomic E-state index is 9.39. The SMILES string of the molecule is CCCCCCCCCC[C@H](O[Si](C)(C)C(C)(C)C)[C@H]1CC[C@H]([C@H]2CC[C@H](CO)O2)O1. The van der Waals surface area contributed by atoms with Gasteiger partial charge in [0.05, 0.1) is 37.1 Å². The molecule has 0 aliphatic carbocycles. The molecule has 0 saturated carbocycles. The minimum Gasteiger partial charge on any atom is -0.411 e. The Hall–Kier alpha value is 0.0569. The van der Waals surface area contributed by atoms with Crippen LogP contribution in [0.3, 0.4) is 0 Å². The van der Waals surface area contributed by atoms with Gasteiger partial charge in [-0.15, -0.1) is 0 Å². The third kappa shape index (κ3) is 8.73. The number of aliphatic hydroxyl groups is 1. The van der Waals surface area contributed by atoms with E-state index in [4.69, 9.17) is 13.9 Å². The van der Waals surface area contributed by atoms with Crippen LogP contribution in [0.4, 0.5) is 0 Å². The van der Waals surface area contributed by atoms with Gasteiger partial charge in [-0.05, 0) is 50.2 Å². The zero-order chi connectivity index (χ0) is 22.9. The van der Waals surface area contributed by atoms with Crippen LogP contribution in [0.2, 0.25) is 18.1 Å². The molecule has 2 aliphatic rings. The molecule has 2 saturated heterocycles. The molecule has 2 fully saturated rings. The highest BCUT2D eigenvalue weighted by Gasteiger charge is 2.44. The molecule has 4 nitrogen and oxygen atoms in total. The molecule has 0 aromatic carbocycles. The predicted octanol–water partition coefficient (Wildman–Crippen LogP) is 7.00. The van der Waals surface area contributed by atoms with Crippen molar-refractivity contribution >= 4 is 8.32 Å². The number of unbranched alkanes of at least 4 members (excludes halogenated alkanes) is 7. The van der Waals surface area contributed by atoms with Crippen LogP contribution in [0.1, 0.15) is 111 Å². The van der Waals surface area contributed by atoms with Crippen molar-refractivity contribution in [3.05, 3.63) is 0 Å². The molecule has 2 aliphatic heterocycles. The lowest BCUT2D eigenvalue weighted by molar-refractivity contribution is -0.0958. The molecule has 0 aromatic rings. The fourth-order valence-corrected chi connectivity index (χ4v) is 6.11. The van der Waals surface area contributed by atoms with Crippen LogP contribution in [0.25, 0.3) is 0 Å². The topological polar surface area (TPSA) is 47.9 Å². The molecular weight excluding hydrogens is 404 g/mol. The molecule has 31 heavy (non-hydrogen) atoms. The van der Waals surface area contributed by atoms with E-state index in [0.29, 0.717) is 0 Å². The van der Waals surface area contributed by atoms with Gasteiger partial charge in [0.2, 0.25) is 0 Å². The van der Waals surface area contributed by atoms with E-state index in [-0.39, 0.29) is 42.2 Å². The first-order chi connectivity index (χ1) is 14.7. The number of aliphatic hydroxyl groups excluding tert-OH is 1. The summed E-state index contributed by atoms with van der Waals surface area (Å²) in [4.78, 5) is 0. The molecule has 0 unspecified atom stereocenters. The van der Waals surface area contributed by atoms with Gasteiger partial charge < -0.3 is 19.0 Å². The monoisotopic (exact) mass is 456 g/mol. The van der Waals surface area contributed by atoms with Gasteiger partial charge in [-0.1, -0.05) is 79.1 Å². The molecule has 1 N–H and O–H groups in total. The molecule has 0 radical (unpaired) electrons. The third-order valence-corrected chi connectivity index (χ3v) is 12.4. The van der Waals surface area contributed by atoms with Gasteiger partial charge in [0.15, 0.2) is 8.32 Å². The highest BCUT2D eigenvalue weighted by Crippen LogP contribution is 2.40. The van der Waals surface area contributed by atoms with Crippen LogP contribution in [0.15, 0.2) is 0 Å². The van der Waals surface area contributed by atoms with Crippen LogP contribution in [0, 0.1) is 0 Å². The van der Waals surface area contributed by atoms with Gasteiger partial charge in [0.1, 0.15) is 0 Å². The minimum atomic E-state index is -1.84. The first-order valence-corrected chi connectivity index (χ1v) is 16.2. The summed E-state index contributed by atoms with van der Waals surface area (Å²) in [5.41, 5.74) is 0. The van der Waals surface area contributed by atoms with Gasteiger partial charge in [0.25, 0.3) is 0 Å². The van der Waals surface area contributed by atoms with E-state index < -0.39 is 8.32 Å². The second-order valence-electron chi connectivity index (χ2n) is 11.5. The van der Waals surface area contributed by atoms with Crippen LogP contribution in [-0.4, -0.2) is 50.6 Å². The van der Waals surface area contributed by atoms with Crippen molar-refractivity contribution in [1.29, 1.82) is 0 Å². The average molecular weight is 457 g/mol. The van der Waals surface area contributed by atoms with Gasteiger partial charge >= 0.3 is 0 Å². The lowest BCUT2D eigenvalue weighted by Crippen LogP contribution is -2.47. The Bertz CT molecular complexity index is 490. The Morgan fingerprint density at radius 1 is 0.871 bits per heavy atom. The van der Waals surface area contributed by atoms with Crippen molar-refractivity contribution in [3.8, 4) is 0 Å². The number of rotatable bonds is 14. The van der Waals surface area contributed by atoms with Gasteiger partial charge in [-0.3, -0.25) is 0 Å². The summed E-state index contributed by atoms with van der Waals surface area (Å²) in [5, 5.41) is 9.60. The van der Waals surface area contributed by atoms with Crippen molar-refractivity contribution in [2.45, 2.75) is 160 Å². The van der Waals surface area contributed by atoms with E-state index >= 15 is 0 Å². The maximum Gasteiger partial charge on any atom is 0.192 e. The van der Waals surface area contributed by atoms with E-state index in [2.05, 4.69) is 40.8 Å². The summed E-state index contributed by atoms with van der Waals surface area (Å²) < 4.78 is 19.5. The first-order valence-electron chi connectivity index (χ1n) is 13.3. The summed E-state index contributed by atoms with van der Waals surface area (Å²) in [6.45, 7) is 14.1. The Morgan fingerprint density at radius 3 is 2.03 bits per heavy atom. The fraction of sp³-hybridized carbons (Fsp3) is 1.00. The second-order valence-corrected chi connectivity index (χ2v) is 16.3. The summed E-state index contributed by atoms with van der Waals surface area (Å²) in [7, 11) is -1.84. The van der Waals surface area contributed by atoms with Gasteiger partial charge in [-0.2, -0.15) is 0 Å². The predicted molar refractivity (Wildman–Crippen MR) is 132 cm³/mol. The van der Waals surface area contributed by atoms with Crippen molar-refractivity contribution in [1.82, 2.24) is 0 Å². The molecule has 2 rings (SSSR count). The third-order valence-electron chi connectivity index (χ3n) is 7.85. The van der Waals surface area contributed by atoms with Crippen LogP contribution >= 0.6 is 0 Å². The quantitative estimate of drug-likeness (QED) is 0.226. The Kier molecular flexibility index (Phi) is 11.5. The summed E-state index contributed by atoms with van der Waals surface area (Å²) >= 11 is 0. The molecule has 0 amide bonds. The molecule has 0 bridgehead atoms. The molecule has 5 heteroatoms. The molecule has 5 atom stereocenters. The Labute approximate surface area is 193 Å². The lowest BCUT2D eigenvalue weighted by atomic mass is 10.0. The maximum atomic E-state index is 9.39. The second kappa shape index (κ2) is 13.1. The van der Waals surface area contributed by atoms with Crippen molar-refractivity contribution in [2.24, 2.45) is 0 Å². The fourth-order valence-electron chi connectivity index (χ4n) is 4.73. The van der Waals surface area contributed by atoms with E-state index in [0.717, 1.165) is 32.1 Å². The van der Waals surface area contributed by atoms with Gasteiger partial charge in [0, 0.05) is 0 Å². The van der Waals surface area contributed by atoms with Crippen molar-refractivity contribution in [3.63, 3.8) is 0 Å². The molecule has 0 aromatic heterocycles.